The van der Waals surface area contributed by atoms with Crippen molar-refractivity contribution < 1.29 is 14.3 Å². The SMILES string of the molecule is COc1ccc(C(=O)Nc2ccc(OC)c(-n3cnnn3)c2)cc1. The summed E-state index contributed by atoms with van der Waals surface area (Å²) in [5.41, 5.74) is 1.74. The highest BCUT2D eigenvalue weighted by Gasteiger charge is 2.11. The molecule has 0 saturated heterocycles. The van der Waals surface area contributed by atoms with E-state index in [9.17, 15) is 4.79 Å². The van der Waals surface area contributed by atoms with Crippen molar-refractivity contribution in [3.8, 4) is 17.2 Å². The van der Waals surface area contributed by atoms with E-state index >= 15 is 0 Å². The monoisotopic (exact) mass is 325 g/mol. The molecule has 0 bridgehead atoms. The molecule has 0 spiro atoms. The average Bonchev–Trinajstić information content (AvgIpc) is 3.16. The molecule has 3 rings (SSSR count). The largest absolute Gasteiger partial charge is 0.497 e. The van der Waals surface area contributed by atoms with Crippen LogP contribution in [-0.4, -0.2) is 40.3 Å². The maximum absolute atomic E-state index is 12.3. The summed E-state index contributed by atoms with van der Waals surface area (Å²) in [6, 6.07) is 12.1. The normalized spacial score (nSPS) is 10.2. The molecule has 0 radical (unpaired) electrons. The van der Waals surface area contributed by atoms with Gasteiger partial charge >= 0.3 is 0 Å². The third-order valence-corrected chi connectivity index (χ3v) is 3.38. The average molecular weight is 325 g/mol. The van der Waals surface area contributed by atoms with Crippen LogP contribution < -0.4 is 14.8 Å². The van der Waals surface area contributed by atoms with Crippen LogP contribution in [0, 0.1) is 0 Å². The second kappa shape index (κ2) is 6.78. The van der Waals surface area contributed by atoms with E-state index in [0.29, 0.717) is 28.4 Å². The molecule has 1 aromatic heterocycles. The number of hydrogen-bond donors (Lipinski definition) is 1. The Labute approximate surface area is 138 Å². The van der Waals surface area contributed by atoms with E-state index in [1.165, 1.54) is 11.0 Å². The minimum absolute atomic E-state index is 0.231. The van der Waals surface area contributed by atoms with Gasteiger partial charge in [0.15, 0.2) is 0 Å². The van der Waals surface area contributed by atoms with E-state index in [1.807, 2.05) is 0 Å². The Hall–Kier alpha value is -3.42. The number of aromatic nitrogens is 4. The van der Waals surface area contributed by atoms with Crippen LogP contribution in [0.5, 0.6) is 11.5 Å². The van der Waals surface area contributed by atoms with Crippen molar-refractivity contribution in [2.75, 3.05) is 19.5 Å². The topological polar surface area (TPSA) is 91.2 Å². The molecule has 1 N–H and O–H groups in total. The summed E-state index contributed by atoms with van der Waals surface area (Å²) < 4.78 is 11.8. The lowest BCUT2D eigenvalue weighted by Crippen LogP contribution is -2.12. The Morgan fingerprint density at radius 3 is 2.50 bits per heavy atom. The van der Waals surface area contributed by atoms with E-state index in [0.717, 1.165) is 0 Å². The summed E-state index contributed by atoms with van der Waals surface area (Å²) in [5, 5.41) is 13.9. The van der Waals surface area contributed by atoms with Crippen molar-refractivity contribution >= 4 is 11.6 Å². The number of amides is 1. The first-order chi connectivity index (χ1) is 11.7. The van der Waals surface area contributed by atoms with Gasteiger partial charge in [-0.1, -0.05) is 0 Å². The van der Waals surface area contributed by atoms with Gasteiger partial charge in [0.1, 0.15) is 23.5 Å². The zero-order valence-corrected chi connectivity index (χ0v) is 13.1. The highest BCUT2D eigenvalue weighted by atomic mass is 16.5. The van der Waals surface area contributed by atoms with E-state index in [2.05, 4.69) is 20.8 Å². The van der Waals surface area contributed by atoms with Crippen LogP contribution in [0.2, 0.25) is 0 Å². The van der Waals surface area contributed by atoms with E-state index in [1.54, 1.807) is 56.7 Å². The Bertz CT molecular complexity index is 831. The molecule has 3 aromatic rings. The van der Waals surface area contributed by atoms with Crippen LogP contribution in [0.15, 0.2) is 48.8 Å². The fourth-order valence-electron chi connectivity index (χ4n) is 2.16. The molecule has 2 aromatic carbocycles. The van der Waals surface area contributed by atoms with Gasteiger partial charge in [0, 0.05) is 11.3 Å². The minimum Gasteiger partial charge on any atom is -0.497 e. The van der Waals surface area contributed by atoms with Gasteiger partial charge in [-0.25, -0.2) is 0 Å². The van der Waals surface area contributed by atoms with Crippen LogP contribution in [0.1, 0.15) is 10.4 Å². The quantitative estimate of drug-likeness (QED) is 0.771. The van der Waals surface area contributed by atoms with Gasteiger partial charge in [-0.05, 0) is 52.9 Å². The first-order valence-corrected chi connectivity index (χ1v) is 7.08. The molecule has 0 aliphatic carbocycles. The van der Waals surface area contributed by atoms with Crippen molar-refractivity contribution in [2.45, 2.75) is 0 Å². The summed E-state index contributed by atoms with van der Waals surface area (Å²) in [6.07, 6.45) is 1.45. The van der Waals surface area contributed by atoms with Crippen molar-refractivity contribution in [2.24, 2.45) is 0 Å². The third kappa shape index (κ3) is 3.17. The van der Waals surface area contributed by atoms with Crippen molar-refractivity contribution in [1.29, 1.82) is 0 Å². The summed E-state index contributed by atoms with van der Waals surface area (Å²) in [6.45, 7) is 0. The molecule has 0 unspecified atom stereocenters. The van der Waals surface area contributed by atoms with Gasteiger partial charge in [-0.3, -0.25) is 4.79 Å². The van der Waals surface area contributed by atoms with E-state index in [-0.39, 0.29) is 5.91 Å². The molecule has 122 valence electrons. The standard InChI is InChI=1S/C16H15N5O3/c1-23-13-6-3-11(4-7-13)16(22)18-12-5-8-15(24-2)14(9-12)21-10-17-19-20-21/h3-10H,1-2H3,(H,18,22). The van der Waals surface area contributed by atoms with Gasteiger partial charge in [0.25, 0.3) is 5.91 Å². The summed E-state index contributed by atoms with van der Waals surface area (Å²) in [5.74, 6) is 1.05. The smallest absolute Gasteiger partial charge is 0.255 e. The van der Waals surface area contributed by atoms with Gasteiger partial charge in [0.05, 0.1) is 14.2 Å². The number of benzene rings is 2. The number of methoxy groups -OCH3 is 2. The Balaban J connectivity index is 1.84. The number of nitrogens with zero attached hydrogens (tertiary/aromatic N) is 4. The number of rotatable bonds is 5. The van der Waals surface area contributed by atoms with Gasteiger partial charge in [-0.2, -0.15) is 4.68 Å². The summed E-state index contributed by atoms with van der Waals surface area (Å²) in [4.78, 5) is 12.3. The van der Waals surface area contributed by atoms with Gasteiger partial charge in [-0.15, -0.1) is 5.10 Å². The molecule has 0 aliphatic rings. The molecule has 8 heteroatoms. The zero-order chi connectivity index (χ0) is 16.9. The molecule has 1 heterocycles. The van der Waals surface area contributed by atoms with E-state index in [4.69, 9.17) is 9.47 Å². The predicted molar refractivity (Wildman–Crippen MR) is 86.7 cm³/mol. The predicted octanol–water partition coefficient (Wildman–Crippen LogP) is 1.93. The number of carbonyl (C=O) groups is 1. The lowest BCUT2D eigenvalue weighted by Gasteiger charge is -2.11. The fraction of sp³-hybridized carbons (Fsp3) is 0.125. The minimum atomic E-state index is -0.231. The number of hydrogen-bond acceptors (Lipinski definition) is 6. The number of anilines is 1. The van der Waals surface area contributed by atoms with Gasteiger partial charge < -0.3 is 14.8 Å². The van der Waals surface area contributed by atoms with Gasteiger partial charge in [0.2, 0.25) is 0 Å². The number of tetrazole rings is 1. The zero-order valence-electron chi connectivity index (χ0n) is 13.1. The summed E-state index contributed by atoms with van der Waals surface area (Å²) in [7, 11) is 3.13. The van der Waals surface area contributed by atoms with Crippen LogP contribution >= 0.6 is 0 Å². The van der Waals surface area contributed by atoms with Crippen LogP contribution in [0.4, 0.5) is 5.69 Å². The van der Waals surface area contributed by atoms with Crippen molar-refractivity contribution in [3.05, 3.63) is 54.4 Å². The molecular weight excluding hydrogens is 310 g/mol. The molecule has 0 saturated carbocycles. The highest BCUT2D eigenvalue weighted by molar-refractivity contribution is 6.04. The van der Waals surface area contributed by atoms with E-state index < -0.39 is 0 Å². The maximum atomic E-state index is 12.3. The molecule has 1 amide bonds. The molecular formula is C16H15N5O3. The Kier molecular flexibility index (Phi) is 4.37. The first-order valence-electron chi connectivity index (χ1n) is 7.08. The van der Waals surface area contributed by atoms with Crippen LogP contribution in [-0.2, 0) is 0 Å². The molecule has 24 heavy (non-hydrogen) atoms. The van der Waals surface area contributed by atoms with Crippen LogP contribution in [0.3, 0.4) is 0 Å². The second-order valence-electron chi connectivity index (χ2n) is 4.82. The number of ether oxygens (including phenoxy) is 2. The molecule has 0 atom stereocenters. The summed E-state index contributed by atoms with van der Waals surface area (Å²) >= 11 is 0. The number of nitrogens with one attached hydrogen (secondary N) is 1. The lowest BCUT2D eigenvalue weighted by molar-refractivity contribution is 0.102. The Morgan fingerprint density at radius 1 is 1.08 bits per heavy atom. The third-order valence-electron chi connectivity index (χ3n) is 3.38. The lowest BCUT2D eigenvalue weighted by atomic mass is 10.2. The second-order valence-corrected chi connectivity index (χ2v) is 4.82. The van der Waals surface area contributed by atoms with Crippen molar-refractivity contribution in [3.63, 3.8) is 0 Å². The van der Waals surface area contributed by atoms with Crippen LogP contribution in [0.25, 0.3) is 5.69 Å². The molecule has 0 fully saturated rings. The fourth-order valence-corrected chi connectivity index (χ4v) is 2.16. The molecule has 0 aliphatic heterocycles. The van der Waals surface area contributed by atoms with Crippen molar-refractivity contribution in [1.82, 2.24) is 20.2 Å². The maximum Gasteiger partial charge on any atom is 0.255 e. The number of carbonyl (C=O) groups excluding carboxylic acids is 1. The molecule has 8 nitrogen and oxygen atoms in total. The Morgan fingerprint density at radius 2 is 1.88 bits per heavy atom. The highest BCUT2D eigenvalue weighted by Crippen LogP contribution is 2.25. The first kappa shape index (κ1) is 15.5.